The van der Waals surface area contributed by atoms with Crippen LogP contribution >= 0.6 is 24.0 Å². The van der Waals surface area contributed by atoms with E-state index in [1.807, 2.05) is 6.92 Å². The van der Waals surface area contributed by atoms with Crippen molar-refractivity contribution in [3.63, 3.8) is 0 Å². The first-order valence-electron chi connectivity index (χ1n) is 6.29. The first-order valence-corrected chi connectivity index (χ1v) is 6.29. The molecule has 1 rings (SSSR count). The van der Waals surface area contributed by atoms with E-state index in [9.17, 15) is 0 Å². The van der Waals surface area contributed by atoms with Crippen LogP contribution in [0.25, 0.3) is 0 Å². The zero-order valence-electron chi connectivity index (χ0n) is 12.2. The maximum atomic E-state index is 5.04. The van der Waals surface area contributed by atoms with Gasteiger partial charge in [-0.3, -0.25) is 4.99 Å². The maximum Gasteiger partial charge on any atom is 0.228 e. The van der Waals surface area contributed by atoms with E-state index in [4.69, 9.17) is 4.52 Å². The number of guanidine groups is 1. The van der Waals surface area contributed by atoms with Gasteiger partial charge in [-0.2, -0.15) is 4.98 Å². The predicted molar refractivity (Wildman–Crippen MR) is 87.0 cm³/mol. The van der Waals surface area contributed by atoms with Crippen LogP contribution in [0, 0.1) is 12.8 Å². The summed E-state index contributed by atoms with van der Waals surface area (Å²) in [4.78, 5) is 8.32. The summed E-state index contributed by atoms with van der Waals surface area (Å²) in [5.74, 6) is 2.67. The zero-order chi connectivity index (χ0) is 13.5. The van der Waals surface area contributed by atoms with Crippen molar-refractivity contribution in [1.82, 2.24) is 20.8 Å². The molecule has 110 valence electrons. The monoisotopic (exact) mass is 381 g/mol. The average molecular weight is 381 g/mol. The van der Waals surface area contributed by atoms with Crippen molar-refractivity contribution in [2.24, 2.45) is 10.9 Å². The highest BCUT2D eigenvalue weighted by molar-refractivity contribution is 14.0. The van der Waals surface area contributed by atoms with Crippen LogP contribution in [0.15, 0.2) is 9.52 Å². The Kier molecular flexibility index (Phi) is 8.70. The maximum absolute atomic E-state index is 5.04. The van der Waals surface area contributed by atoms with E-state index in [1.54, 1.807) is 7.05 Å². The molecule has 7 heteroatoms. The third-order valence-corrected chi connectivity index (χ3v) is 2.79. The molecule has 0 spiro atoms. The molecule has 2 N–H and O–H groups in total. The largest absolute Gasteiger partial charge is 0.356 e. The minimum Gasteiger partial charge on any atom is -0.356 e. The highest BCUT2D eigenvalue weighted by Gasteiger charge is 2.09. The molecular weight excluding hydrogens is 357 g/mol. The summed E-state index contributed by atoms with van der Waals surface area (Å²) in [5.41, 5.74) is 0. The number of rotatable bonds is 5. The Morgan fingerprint density at radius 3 is 2.53 bits per heavy atom. The minimum atomic E-state index is 0. The van der Waals surface area contributed by atoms with Crippen molar-refractivity contribution in [3.05, 3.63) is 11.7 Å². The first-order chi connectivity index (χ1) is 8.52. The molecule has 0 aromatic carbocycles. The smallest absolute Gasteiger partial charge is 0.228 e. The van der Waals surface area contributed by atoms with E-state index >= 15 is 0 Å². The number of hydrogen-bond acceptors (Lipinski definition) is 4. The molecule has 0 bridgehead atoms. The SMILES string of the molecule is CN=C(NCCc1nc(C)no1)NC(C)C(C)C.I. The highest BCUT2D eigenvalue weighted by atomic mass is 127. The Morgan fingerprint density at radius 1 is 1.37 bits per heavy atom. The van der Waals surface area contributed by atoms with E-state index in [1.165, 1.54) is 0 Å². The Morgan fingerprint density at radius 2 is 2.05 bits per heavy atom. The summed E-state index contributed by atoms with van der Waals surface area (Å²) in [6.07, 6.45) is 0.692. The van der Waals surface area contributed by atoms with Crippen LogP contribution in [-0.2, 0) is 6.42 Å². The van der Waals surface area contributed by atoms with Gasteiger partial charge in [0.05, 0.1) is 0 Å². The highest BCUT2D eigenvalue weighted by Crippen LogP contribution is 1.99. The Balaban J connectivity index is 0.00000324. The van der Waals surface area contributed by atoms with E-state index < -0.39 is 0 Å². The lowest BCUT2D eigenvalue weighted by atomic mass is 10.1. The van der Waals surface area contributed by atoms with Crippen LogP contribution in [0.4, 0.5) is 0 Å². The summed E-state index contributed by atoms with van der Waals surface area (Å²) in [6, 6.07) is 0.377. The lowest BCUT2D eigenvalue weighted by Crippen LogP contribution is -2.44. The van der Waals surface area contributed by atoms with Gasteiger partial charge in [0, 0.05) is 26.1 Å². The van der Waals surface area contributed by atoms with Gasteiger partial charge in [-0.25, -0.2) is 0 Å². The van der Waals surface area contributed by atoms with Gasteiger partial charge in [-0.15, -0.1) is 24.0 Å². The fourth-order valence-electron chi connectivity index (χ4n) is 1.31. The topological polar surface area (TPSA) is 75.3 Å². The van der Waals surface area contributed by atoms with Gasteiger partial charge >= 0.3 is 0 Å². The Hall–Kier alpha value is -0.860. The molecule has 0 radical (unpaired) electrons. The molecule has 0 aliphatic rings. The second-order valence-corrected chi connectivity index (χ2v) is 4.66. The first kappa shape index (κ1) is 18.1. The molecule has 1 atom stereocenters. The van der Waals surface area contributed by atoms with Crippen molar-refractivity contribution < 1.29 is 4.52 Å². The lowest BCUT2D eigenvalue weighted by Gasteiger charge is -2.20. The molecule has 1 unspecified atom stereocenters. The number of aryl methyl sites for hydroxylation is 1. The van der Waals surface area contributed by atoms with E-state index in [-0.39, 0.29) is 24.0 Å². The van der Waals surface area contributed by atoms with Gasteiger partial charge < -0.3 is 15.2 Å². The quantitative estimate of drug-likeness (QED) is 0.462. The molecule has 1 aromatic heterocycles. The predicted octanol–water partition coefficient (Wildman–Crippen LogP) is 1.75. The van der Waals surface area contributed by atoms with Crippen molar-refractivity contribution in [3.8, 4) is 0 Å². The molecule has 0 aliphatic carbocycles. The van der Waals surface area contributed by atoms with Crippen molar-refractivity contribution in [2.75, 3.05) is 13.6 Å². The minimum absolute atomic E-state index is 0. The number of nitrogens with one attached hydrogen (secondary N) is 2. The van der Waals surface area contributed by atoms with Gasteiger partial charge in [0.15, 0.2) is 11.8 Å². The number of aliphatic imine (C=N–C) groups is 1. The number of halogens is 1. The fraction of sp³-hybridized carbons (Fsp3) is 0.750. The zero-order valence-corrected chi connectivity index (χ0v) is 14.6. The fourth-order valence-corrected chi connectivity index (χ4v) is 1.31. The average Bonchev–Trinajstić information content (AvgIpc) is 2.73. The Bertz CT molecular complexity index is 391. The molecule has 6 nitrogen and oxygen atoms in total. The summed E-state index contributed by atoms with van der Waals surface area (Å²) in [6.45, 7) is 9.01. The molecule has 1 heterocycles. The summed E-state index contributed by atoms with van der Waals surface area (Å²) in [5, 5.41) is 10.3. The summed E-state index contributed by atoms with van der Waals surface area (Å²) in [7, 11) is 1.76. The van der Waals surface area contributed by atoms with Gasteiger partial charge in [0.1, 0.15) is 0 Å². The van der Waals surface area contributed by atoms with Crippen LogP contribution in [0.1, 0.15) is 32.5 Å². The van der Waals surface area contributed by atoms with Crippen LogP contribution in [0.3, 0.4) is 0 Å². The summed E-state index contributed by atoms with van der Waals surface area (Å²) < 4.78 is 5.04. The van der Waals surface area contributed by atoms with Crippen LogP contribution in [-0.4, -0.2) is 35.7 Å². The molecular formula is C12H24IN5O. The number of hydrogen-bond donors (Lipinski definition) is 2. The summed E-state index contributed by atoms with van der Waals surface area (Å²) >= 11 is 0. The molecule has 1 aromatic rings. The molecule has 0 amide bonds. The second-order valence-electron chi connectivity index (χ2n) is 4.66. The van der Waals surface area contributed by atoms with Crippen molar-refractivity contribution >= 4 is 29.9 Å². The normalized spacial score (nSPS) is 13.1. The second kappa shape index (κ2) is 9.11. The Labute approximate surface area is 131 Å². The van der Waals surface area contributed by atoms with Crippen LogP contribution < -0.4 is 10.6 Å². The van der Waals surface area contributed by atoms with Crippen molar-refractivity contribution in [2.45, 2.75) is 40.2 Å². The van der Waals surface area contributed by atoms with Crippen LogP contribution in [0.2, 0.25) is 0 Å². The van der Waals surface area contributed by atoms with Crippen molar-refractivity contribution in [1.29, 1.82) is 0 Å². The van der Waals surface area contributed by atoms with Gasteiger partial charge in [0.2, 0.25) is 5.89 Å². The molecule has 0 saturated carbocycles. The van der Waals surface area contributed by atoms with E-state index in [0.29, 0.717) is 36.6 Å². The van der Waals surface area contributed by atoms with E-state index in [0.717, 1.165) is 5.96 Å². The third-order valence-electron chi connectivity index (χ3n) is 2.79. The lowest BCUT2D eigenvalue weighted by molar-refractivity contribution is 0.374. The number of nitrogens with zero attached hydrogens (tertiary/aromatic N) is 3. The molecule has 19 heavy (non-hydrogen) atoms. The van der Waals surface area contributed by atoms with Crippen LogP contribution in [0.5, 0.6) is 0 Å². The number of aromatic nitrogens is 2. The van der Waals surface area contributed by atoms with Gasteiger partial charge in [-0.1, -0.05) is 19.0 Å². The molecule has 0 saturated heterocycles. The van der Waals surface area contributed by atoms with Gasteiger partial charge in [-0.05, 0) is 19.8 Å². The third kappa shape index (κ3) is 6.74. The van der Waals surface area contributed by atoms with Gasteiger partial charge in [0.25, 0.3) is 0 Å². The molecule has 0 fully saturated rings. The standard InChI is InChI=1S/C12H23N5O.HI/c1-8(2)9(3)15-12(13-5)14-7-6-11-16-10(4)17-18-11;/h8-9H,6-7H2,1-5H3,(H2,13,14,15);1H. The molecule has 0 aliphatic heterocycles. The van der Waals surface area contributed by atoms with E-state index in [2.05, 4.69) is 46.5 Å².